The Bertz CT molecular complexity index is 983. The Kier molecular flexibility index (Phi) is 9.31. The second-order valence-electron chi connectivity index (χ2n) is 7.74. The molecule has 1 aliphatic heterocycles. The summed E-state index contributed by atoms with van der Waals surface area (Å²) in [5, 5.41) is 11.2. The van der Waals surface area contributed by atoms with Crippen molar-refractivity contribution in [2.45, 2.75) is 38.1 Å². The number of aromatic nitrogens is 2. The molecule has 172 valence electrons. The van der Waals surface area contributed by atoms with Crippen LogP contribution in [0.25, 0.3) is 0 Å². The standard InChI is InChI=1S/C21H32N6O2S.HI/c1-16-20(17(2)26(4)25-16)15-24-21(22-3)23-14-18-10-12-27(13-11-18)30(28,29)19-8-6-5-7-9-19;/h5-9,18H,10-15H2,1-4H3,(H2,22,23,24);1H. The molecule has 1 saturated heterocycles. The number of benzene rings is 1. The first-order chi connectivity index (χ1) is 14.3. The molecular formula is C21H33IN6O2S. The summed E-state index contributed by atoms with van der Waals surface area (Å²) in [6.45, 7) is 6.60. The van der Waals surface area contributed by atoms with Crippen LogP contribution in [0.5, 0.6) is 0 Å². The van der Waals surface area contributed by atoms with Crippen LogP contribution in [0.1, 0.15) is 29.8 Å². The summed E-state index contributed by atoms with van der Waals surface area (Å²) in [5.41, 5.74) is 3.34. The van der Waals surface area contributed by atoms with E-state index in [1.165, 1.54) is 5.56 Å². The maximum absolute atomic E-state index is 12.8. The Balaban J connectivity index is 0.00000341. The maximum atomic E-state index is 12.8. The van der Waals surface area contributed by atoms with E-state index in [4.69, 9.17) is 0 Å². The molecule has 1 aliphatic rings. The van der Waals surface area contributed by atoms with Crippen molar-refractivity contribution >= 4 is 40.0 Å². The third kappa shape index (κ3) is 6.19. The third-order valence-corrected chi connectivity index (χ3v) is 7.74. The molecule has 1 fully saturated rings. The minimum Gasteiger partial charge on any atom is -0.356 e. The van der Waals surface area contributed by atoms with Gasteiger partial charge in [-0.3, -0.25) is 9.67 Å². The summed E-state index contributed by atoms with van der Waals surface area (Å²) in [6, 6.07) is 8.66. The zero-order valence-electron chi connectivity index (χ0n) is 18.6. The van der Waals surface area contributed by atoms with Gasteiger partial charge in [0, 0.05) is 51.5 Å². The summed E-state index contributed by atoms with van der Waals surface area (Å²) in [6.07, 6.45) is 1.66. The van der Waals surface area contributed by atoms with Gasteiger partial charge in [0.25, 0.3) is 0 Å². The highest BCUT2D eigenvalue weighted by Crippen LogP contribution is 2.23. The minimum absolute atomic E-state index is 0. The molecule has 3 rings (SSSR count). The zero-order valence-corrected chi connectivity index (χ0v) is 21.8. The summed E-state index contributed by atoms with van der Waals surface area (Å²) in [5.74, 6) is 1.16. The largest absolute Gasteiger partial charge is 0.356 e. The smallest absolute Gasteiger partial charge is 0.243 e. The fourth-order valence-electron chi connectivity index (χ4n) is 3.80. The first-order valence-electron chi connectivity index (χ1n) is 10.3. The van der Waals surface area contributed by atoms with Crippen molar-refractivity contribution in [2.24, 2.45) is 18.0 Å². The zero-order chi connectivity index (χ0) is 21.7. The van der Waals surface area contributed by atoms with Crippen molar-refractivity contribution in [3.05, 3.63) is 47.3 Å². The molecule has 0 unspecified atom stereocenters. The van der Waals surface area contributed by atoms with Crippen LogP contribution < -0.4 is 10.6 Å². The molecule has 0 amide bonds. The van der Waals surface area contributed by atoms with Gasteiger partial charge in [-0.15, -0.1) is 24.0 Å². The lowest BCUT2D eigenvalue weighted by atomic mass is 9.98. The molecule has 0 bridgehead atoms. The van der Waals surface area contributed by atoms with Crippen LogP contribution >= 0.6 is 24.0 Å². The second-order valence-corrected chi connectivity index (χ2v) is 9.68. The third-order valence-electron chi connectivity index (χ3n) is 5.83. The molecule has 1 aromatic heterocycles. The van der Waals surface area contributed by atoms with Gasteiger partial charge in [0.2, 0.25) is 10.0 Å². The van der Waals surface area contributed by atoms with E-state index in [2.05, 4.69) is 27.6 Å². The fraction of sp³-hybridized carbons (Fsp3) is 0.524. The highest BCUT2D eigenvalue weighted by molar-refractivity contribution is 14.0. The molecular weight excluding hydrogens is 527 g/mol. The van der Waals surface area contributed by atoms with E-state index in [1.807, 2.05) is 24.7 Å². The topological polar surface area (TPSA) is 91.6 Å². The van der Waals surface area contributed by atoms with Gasteiger partial charge in [0.15, 0.2) is 5.96 Å². The van der Waals surface area contributed by atoms with E-state index >= 15 is 0 Å². The Labute approximate surface area is 202 Å². The van der Waals surface area contributed by atoms with Gasteiger partial charge >= 0.3 is 0 Å². The monoisotopic (exact) mass is 560 g/mol. The molecule has 0 atom stereocenters. The van der Waals surface area contributed by atoms with Crippen molar-refractivity contribution in [2.75, 3.05) is 26.7 Å². The number of piperidine rings is 1. The molecule has 2 aromatic rings. The van der Waals surface area contributed by atoms with Gasteiger partial charge in [0.1, 0.15) is 0 Å². The second kappa shape index (κ2) is 11.3. The van der Waals surface area contributed by atoms with E-state index in [0.29, 0.717) is 30.4 Å². The quantitative estimate of drug-likeness (QED) is 0.322. The van der Waals surface area contributed by atoms with Crippen LogP contribution in [0.4, 0.5) is 0 Å². The average molecular weight is 561 g/mol. The Morgan fingerprint density at radius 3 is 2.35 bits per heavy atom. The Morgan fingerprint density at radius 1 is 1.16 bits per heavy atom. The number of nitrogens with zero attached hydrogens (tertiary/aromatic N) is 4. The lowest BCUT2D eigenvalue weighted by Gasteiger charge is -2.31. The summed E-state index contributed by atoms with van der Waals surface area (Å²) >= 11 is 0. The first-order valence-corrected chi connectivity index (χ1v) is 11.8. The van der Waals surface area contributed by atoms with Crippen molar-refractivity contribution < 1.29 is 8.42 Å². The van der Waals surface area contributed by atoms with Gasteiger partial charge in [0.05, 0.1) is 10.6 Å². The number of aryl methyl sites for hydroxylation is 2. The number of sulfonamides is 1. The van der Waals surface area contributed by atoms with Crippen molar-refractivity contribution in [3.63, 3.8) is 0 Å². The van der Waals surface area contributed by atoms with Crippen LogP contribution in [0.2, 0.25) is 0 Å². The van der Waals surface area contributed by atoms with Gasteiger partial charge < -0.3 is 10.6 Å². The summed E-state index contributed by atoms with van der Waals surface area (Å²) in [7, 11) is 0.307. The fourth-order valence-corrected chi connectivity index (χ4v) is 5.29. The highest BCUT2D eigenvalue weighted by Gasteiger charge is 2.29. The van der Waals surface area contributed by atoms with E-state index in [1.54, 1.807) is 35.6 Å². The number of aliphatic imine (C=N–C) groups is 1. The van der Waals surface area contributed by atoms with Gasteiger partial charge in [-0.05, 0) is 44.7 Å². The maximum Gasteiger partial charge on any atom is 0.243 e. The number of nitrogens with one attached hydrogen (secondary N) is 2. The number of hydrogen-bond donors (Lipinski definition) is 2. The van der Waals surface area contributed by atoms with Gasteiger partial charge in [-0.25, -0.2) is 8.42 Å². The van der Waals surface area contributed by atoms with E-state index in [0.717, 1.165) is 36.7 Å². The number of rotatable bonds is 6. The molecule has 0 spiro atoms. The number of halogens is 1. The molecule has 2 N–H and O–H groups in total. The van der Waals surface area contributed by atoms with Crippen LogP contribution in [-0.4, -0.2) is 55.1 Å². The summed E-state index contributed by atoms with van der Waals surface area (Å²) < 4.78 is 29.0. The van der Waals surface area contributed by atoms with E-state index < -0.39 is 10.0 Å². The lowest BCUT2D eigenvalue weighted by molar-refractivity contribution is 0.273. The minimum atomic E-state index is -3.40. The van der Waals surface area contributed by atoms with Gasteiger partial charge in [-0.1, -0.05) is 18.2 Å². The first kappa shape index (κ1) is 25.6. The van der Waals surface area contributed by atoms with E-state index in [9.17, 15) is 8.42 Å². The lowest BCUT2D eigenvalue weighted by Crippen LogP contribution is -2.44. The summed E-state index contributed by atoms with van der Waals surface area (Å²) in [4.78, 5) is 4.68. The average Bonchev–Trinajstić information content (AvgIpc) is 3.00. The molecule has 10 heteroatoms. The molecule has 0 saturated carbocycles. The molecule has 1 aromatic carbocycles. The normalized spacial score (nSPS) is 16.1. The number of hydrogen-bond acceptors (Lipinski definition) is 4. The Morgan fingerprint density at radius 2 is 1.81 bits per heavy atom. The molecule has 0 aliphatic carbocycles. The van der Waals surface area contributed by atoms with Crippen LogP contribution in [0, 0.1) is 19.8 Å². The Hall–Kier alpha value is -1.66. The molecule has 8 nitrogen and oxygen atoms in total. The van der Waals surface area contributed by atoms with Crippen molar-refractivity contribution in [1.29, 1.82) is 0 Å². The molecule has 0 radical (unpaired) electrons. The van der Waals surface area contributed by atoms with E-state index in [-0.39, 0.29) is 24.0 Å². The van der Waals surface area contributed by atoms with Crippen molar-refractivity contribution in [1.82, 2.24) is 24.7 Å². The molecule has 31 heavy (non-hydrogen) atoms. The van der Waals surface area contributed by atoms with Gasteiger partial charge in [-0.2, -0.15) is 9.40 Å². The SMILES string of the molecule is CN=C(NCc1c(C)nn(C)c1C)NCC1CCN(S(=O)(=O)c2ccccc2)CC1.I. The van der Waals surface area contributed by atoms with Crippen LogP contribution in [0.15, 0.2) is 40.2 Å². The highest BCUT2D eigenvalue weighted by atomic mass is 127. The predicted molar refractivity (Wildman–Crippen MR) is 134 cm³/mol. The predicted octanol–water partition coefficient (Wildman–Crippen LogP) is 2.42. The molecule has 2 heterocycles. The van der Waals surface area contributed by atoms with Crippen LogP contribution in [-0.2, 0) is 23.6 Å². The van der Waals surface area contributed by atoms with Crippen molar-refractivity contribution in [3.8, 4) is 0 Å². The number of guanidine groups is 1. The van der Waals surface area contributed by atoms with Crippen LogP contribution in [0.3, 0.4) is 0 Å².